The van der Waals surface area contributed by atoms with Crippen molar-refractivity contribution < 1.29 is 0 Å². The van der Waals surface area contributed by atoms with Crippen molar-refractivity contribution in [1.82, 2.24) is 20.2 Å². The molecule has 2 aromatic rings. The number of hydrogen-bond acceptors (Lipinski definition) is 4. The number of halogens is 1. The van der Waals surface area contributed by atoms with Crippen molar-refractivity contribution in [2.75, 3.05) is 5.73 Å². The minimum Gasteiger partial charge on any atom is -0.399 e. The van der Waals surface area contributed by atoms with Gasteiger partial charge in [0.25, 0.3) is 0 Å². The highest BCUT2D eigenvalue weighted by Crippen LogP contribution is 2.37. The SMILES string of the molecule is CC1CC(C)CC(n2nnnc2-c2cc(N)cc(Br)c2)C1. The number of aromatic nitrogens is 4. The van der Waals surface area contributed by atoms with E-state index in [-0.39, 0.29) is 0 Å². The van der Waals surface area contributed by atoms with Crippen molar-refractivity contribution in [3.8, 4) is 11.4 Å². The van der Waals surface area contributed by atoms with Gasteiger partial charge in [-0.1, -0.05) is 29.8 Å². The fourth-order valence-electron chi connectivity index (χ4n) is 3.48. The van der Waals surface area contributed by atoms with E-state index >= 15 is 0 Å². The van der Waals surface area contributed by atoms with Crippen molar-refractivity contribution in [3.05, 3.63) is 22.7 Å². The van der Waals surface area contributed by atoms with Crippen LogP contribution in [0.5, 0.6) is 0 Å². The predicted molar refractivity (Wildman–Crippen MR) is 86.6 cm³/mol. The highest BCUT2D eigenvalue weighted by atomic mass is 79.9. The standard InChI is InChI=1S/C15H20BrN5/c1-9-3-10(2)5-14(4-9)21-15(18-19-20-21)11-6-12(16)8-13(17)7-11/h6-10,14H,3-5,17H2,1-2H3. The second-order valence-corrected chi connectivity index (χ2v) is 7.21. The van der Waals surface area contributed by atoms with Crippen LogP contribution < -0.4 is 5.73 Å². The van der Waals surface area contributed by atoms with Crippen LogP contribution in [0.4, 0.5) is 5.69 Å². The van der Waals surface area contributed by atoms with Gasteiger partial charge >= 0.3 is 0 Å². The Labute approximate surface area is 133 Å². The van der Waals surface area contributed by atoms with Gasteiger partial charge in [-0.3, -0.25) is 0 Å². The Hall–Kier alpha value is -1.43. The maximum atomic E-state index is 5.93. The van der Waals surface area contributed by atoms with E-state index in [1.54, 1.807) is 0 Å². The molecule has 1 aromatic heterocycles. The first-order valence-electron chi connectivity index (χ1n) is 7.37. The molecule has 1 heterocycles. The molecule has 0 spiro atoms. The first kappa shape index (κ1) is 14.5. The molecule has 21 heavy (non-hydrogen) atoms. The van der Waals surface area contributed by atoms with Gasteiger partial charge in [0.05, 0.1) is 6.04 Å². The summed E-state index contributed by atoms with van der Waals surface area (Å²) >= 11 is 3.48. The van der Waals surface area contributed by atoms with Crippen molar-refractivity contribution in [3.63, 3.8) is 0 Å². The highest BCUT2D eigenvalue weighted by molar-refractivity contribution is 9.10. The van der Waals surface area contributed by atoms with Gasteiger partial charge < -0.3 is 5.73 Å². The Balaban J connectivity index is 1.97. The normalized spacial score (nSPS) is 26.0. The number of nitrogens with two attached hydrogens (primary N) is 1. The smallest absolute Gasteiger partial charge is 0.182 e. The van der Waals surface area contributed by atoms with E-state index < -0.39 is 0 Å². The van der Waals surface area contributed by atoms with E-state index in [1.165, 1.54) is 6.42 Å². The van der Waals surface area contributed by atoms with Gasteiger partial charge in [0.1, 0.15) is 0 Å². The van der Waals surface area contributed by atoms with Gasteiger partial charge in [-0.2, -0.15) is 0 Å². The third-order valence-corrected chi connectivity index (χ3v) is 4.63. The van der Waals surface area contributed by atoms with Crippen LogP contribution in [0.2, 0.25) is 0 Å². The van der Waals surface area contributed by atoms with Crippen LogP contribution in [-0.2, 0) is 0 Å². The van der Waals surface area contributed by atoms with Gasteiger partial charge in [-0.15, -0.1) is 5.10 Å². The van der Waals surface area contributed by atoms with E-state index in [0.29, 0.717) is 23.6 Å². The molecule has 1 saturated carbocycles. The molecule has 1 aliphatic carbocycles. The van der Waals surface area contributed by atoms with Crippen LogP contribution in [0, 0.1) is 11.8 Å². The Kier molecular flexibility index (Phi) is 3.97. The average molecular weight is 350 g/mol. The Morgan fingerprint density at radius 1 is 1.14 bits per heavy atom. The molecule has 0 aliphatic heterocycles. The number of rotatable bonds is 2. The van der Waals surface area contributed by atoms with E-state index in [4.69, 9.17) is 5.73 Å². The summed E-state index contributed by atoms with van der Waals surface area (Å²) in [6.07, 6.45) is 3.55. The zero-order chi connectivity index (χ0) is 15.0. The second-order valence-electron chi connectivity index (χ2n) is 6.29. The molecular formula is C15H20BrN5. The van der Waals surface area contributed by atoms with Crippen molar-refractivity contribution in [1.29, 1.82) is 0 Å². The summed E-state index contributed by atoms with van der Waals surface area (Å²) in [5.74, 6) is 2.22. The summed E-state index contributed by atoms with van der Waals surface area (Å²) in [6, 6.07) is 6.17. The topological polar surface area (TPSA) is 69.6 Å². The molecule has 1 aliphatic rings. The molecule has 5 nitrogen and oxygen atoms in total. The summed E-state index contributed by atoms with van der Waals surface area (Å²) in [5.41, 5.74) is 7.59. The predicted octanol–water partition coefficient (Wildman–Crippen LogP) is 3.68. The average Bonchev–Trinajstić information content (AvgIpc) is 2.85. The van der Waals surface area contributed by atoms with E-state index in [0.717, 1.165) is 28.7 Å². The highest BCUT2D eigenvalue weighted by Gasteiger charge is 2.28. The lowest BCUT2D eigenvalue weighted by Gasteiger charge is -2.31. The second kappa shape index (κ2) is 5.75. The molecule has 6 heteroatoms. The van der Waals surface area contributed by atoms with Crippen LogP contribution in [0.3, 0.4) is 0 Å². The Morgan fingerprint density at radius 3 is 2.52 bits per heavy atom. The number of anilines is 1. The molecule has 2 atom stereocenters. The number of tetrazole rings is 1. The molecular weight excluding hydrogens is 330 g/mol. The van der Waals surface area contributed by atoms with E-state index in [2.05, 4.69) is 45.3 Å². The zero-order valence-corrected chi connectivity index (χ0v) is 13.9. The van der Waals surface area contributed by atoms with Crippen molar-refractivity contribution >= 4 is 21.6 Å². The van der Waals surface area contributed by atoms with Gasteiger partial charge in [0.15, 0.2) is 5.82 Å². The van der Waals surface area contributed by atoms with Crippen molar-refractivity contribution in [2.45, 2.75) is 39.2 Å². The van der Waals surface area contributed by atoms with Crippen molar-refractivity contribution in [2.24, 2.45) is 11.8 Å². The molecule has 1 aromatic carbocycles. The molecule has 0 bridgehead atoms. The van der Waals surface area contributed by atoms with Crippen LogP contribution >= 0.6 is 15.9 Å². The fraction of sp³-hybridized carbons (Fsp3) is 0.533. The minimum atomic E-state index is 0.369. The summed E-state index contributed by atoms with van der Waals surface area (Å²) in [4.78, 5) is 0. The number of hydrogen-bond donors (Lipinski definition) is 1. The maximum Gasteiger partial charge on any atom is 0.182 e. The van der Waals surface area contributed by atoms with Gasteiger partial charge in [-0.05, 0) is 59.7 Å². The molecule has 1 fully saturated rings. The molecule has 2 N–H and O–H groups in total. The van der Waals surface area contributed by atoms with Crippen LogP contribution in [-0.4, -0.2) is 20.2 Å². The molecule has 0 saturated heterocycles. The largest absolute Gasteiger partial charge is 0.399 e. The Morgan fingerprint density at radius 2 is 1.86 bits per heavy atom. The lowest BCUT2D eigenvalue weighted by atomic mass is 9.80. The molecule has 0 radical (unpaired) electrons. The summed E-state index contributed by atoms with van der Waals surface area (Å²) in [5, 5.41) is 12.4. The summed E-state index contributed by atoms with van der Waals surface area (Å²) in [6.45, 7) is 4.62. The van der Waals surface area contributed by atoms with Crippen LogP contribution in [0.15, 0.2) is 22.7 Å². The lowest BCUT2D eigenvalue weighted by Crippen LogP contribution is -2.24. The van der Waals surface area contributed by atoms with Crippen LogP contribution in [0.1, 0.15) is 39.2 Å². The number of nitrogen functional groups attached to an aromatic ring is 1. The molecule has 3 rings (SSSR count). The van der Waals surface area contributed by atoms with E-state index in [9.17, 15) is 0 Å². The number of benzene rings is 1. The molecule has 0 amide bonds. The molecule has 112 valence electrons. The zero-order valence-electron chi connectivity index (χ0n) is 12.3. The lowest BCUT2D eigenvalue weighted by molar-refractivity contribution is 0.209. The Bertz CT molecular complexity index is 608. The number of nitrogens with zero attached hydrogens (tertiary/aromatic N) is 4. The minimum absolute atomic E-state index is 0.369. The monoisotopic (exact) mass is 349 g/mol. The quantitative estimate of drug-likeness (QED) is 0.839. The fourth-order valence-corrected chi connectivity index (χ4v) is 3.99. The first-order valence-corrected chi connectivity index (χ1v) is 8.16. The summed E-state index contributed by atoms with van der Waals surface area (Å²) < 4.78 is 2.92. The molecule has 2 unspecified atom stereocenters. The third-order valence-electron chi connectivity index (χ3n) is 4.17. The third kappa shape index (κ3) is 3.10. The maximum absolute atomic E-state index is 5.93. The summed E-state index contributed by atoms with van der Waals surface area (Å²) in [7, 11) is 0. The first-order chi connectivity index (χ1) is 10.0. The van der Waals surface area contributed by atoms with Crippen LogP contribution in [0.25, 0.3) is 11.4 Å². The van der Waals surface area contributed by atoms with E-state index in [1.807, 2.05) is 22.9 Å². The van der Waals surface area contributed by atoms with Gasteiger partial charge in [0.2, 0.25) is 0 Å². The van der Waals surface area contributed by atoms with Gasteiger partial charge in [-0.25, -0.2) is 4.68 Å². The van der Waals surface area contributed by atoms with Gasteiger partial charge in [0, 0.05) is 15.7 Å².